The number of ether oxygens (including phenoxy) is 1. The van der Waals surface area contributed by atoms with Crippen LogP contribution in [-0.2, 0) is 19.2 Å². The highest BCUT2D eigenvalue weighted by Crippen LogP contribution is 2.68. The van der Waals surface area contributed by atoms with Gasteiger partial charge in [-0.3, -0.25) is 9.68 Å². The molecule has 0 spiro atoms. The van der Waals surface area contributed by atoms with Crippen molar-refractivity contribution in [3.63, 3.8) is 0 Å². The van der Waals surface area contributed by atoms with Gasteiger partial charge < -0.3 is 9.84 Å². The molecule has 41 heavy (non-hydrogen) atoms. The van der Waals surface area contributed by atoms with Crippen LogP contribution in [0.25, 0.3) is 0 Å². The maximum atomic E-state index is 13.5. The van der Waals surface area contributed by atoms with E-state index in [0.717, 1.165) is 24.2 Å². The Morgan fingerprint density at radius 2 is 1.71 bits per heavy atom. The number of hydrogen-bond acceptors (Lipinski definition) is 8. The van der Waals surface area contributed by atoms with Crippen LogP contribution >= 0.6 is 11.8 Å². The molecule has 0 bridgehead atoms. The Hall–Kier alpha value is -3.36. The molecule has 3 fully saturated rings. The first-order valence-electron chi connectivity index (χ1n) is 14.2. The van der Waals surface area contributed by atoms with E-state index in [-0.39, 0.29) is 40.8 Å². The molecule has 0 radical (unpaired) electrons. The molecule has 0 aliphatic heterocycles. The van der Waals surface area contributed by atoms with E-state index >= 15 is 0 Å². The molecule has 4 aliphatic carbocycles. The summed E-state index contributed by atoms with van der Waals surface area (Å²) in [4.78, 5) is 44.8. The summed E-state index contributed by atoms with van der Waals surface area (Å²) in [6.45, 7) is 4.22. The van der Waals surface area contributed by atoms with Gasteiger partial charge in [-0.2, -0.15) is 5.26 Å². The zero-order valence-electron chi connectivity index (χ0n) is 23.2. The summed E-state index contributed by atoms with van der Waals surface area (Å²) in [6, 6.07) is 13.8. The standard InChI is InChI=1S/C33H34O7S/c1-31-16-13-22(34)19-21(31)9-12-24-25(31)14-17-32(2)26(24)15-18-33(32,30(37)40-38)39-29(36)20-7-10-23(11-8-20)41-28-6-4-3-5-27(28)35/h3-8,10-11,13,16,19,24-26,35,38H,9,12,14-15,17-18H2,1-2H3/t24-,25+,26+,31+,32+,33?/m1/s1. The average Bonchev–Trinajstić information content (AvgIpc) is 3.27. The first-order valence-corrected chi connectivity index (χ1v) is 15.0. The number of benzene rings is 2. The van der Waals surface area contributed by atoms with E-state index in [1.165, 1.54) is 17.3 Å². The largest absolute Gasteiger partial charge is 0.507 e. The number of phenolic OH excluding ortho intramolecular Hbond substituents is 1. The molecule has 4 aliphatic rings. The van der Waals surface area contributed by atoms with E-state index in [9.17, 15) is 24.7 Å². The number of phenols is 1. The van der Waals surface area contributed by atoms with Gasteiger partial charge in [-0.05, 0) is 105 Å². The molecule has 0 saturated heterocycles. The molecular formula is C33H34O7S. The Labute approximate surface area is 243 Å². The zero-order chi connectivity index (χ0) is 29.0. The monoisotopic (exact) mass is 574 g/mol. The normalized spacial score (nSPS) is 33.7. The molecule has 6 rings (SSSR count). The van der Waals surface area contributed by atoms with Gasteiger partial charge in [0.05, 0.1) is 10.5 Å². The molecule has 6 atom stereocenters. The lowest BCUT2D eigenvalue weighted by Gasteiger charge is -2.57. The molecule has 0 amide bonds. The van der Waals surface area contributed by atoms with Gasteiger partial charge in [0.15, 0.2) is 5.78 Å². The highest BCUT2D eigenvalue weighted by Gasteiger charge is 2.70. The van der Waals surface area contributed by atoms with Crippen LogP contribution in [-0.4, -0.2) is 33.7 Å². The minimum atomic E-state index is -1.60. The van der Waals surface area contributed by atoms with Crippen molar-refractivity contribution < 1.29 is 34.4 Å². The fourth-order valence-corrected chi connectivity index (χ4v) is 9.21. The van der Waals surface area contributed by atoms with E-state index in [1.807, 2.05) is 19.1 Å². The van der Waals surface area contributed by atoms with Crippen LogP contribution in [0.3, 0.4) is 0 Å². The molecular weight excluding hydrogens is 540 g/mol. The maximum Gasteiger partial charge on any atom is 0.385 e. The summed E-state index contributed by atoms with van der Waals surface area (Å²) < 4.78 is 6.12. The second-order valence-corrected chi connectivity index (χ2v) is 13.4. The number of allylic oxidation sites excluding steroid dienone is 4. The molecule has 214 valence electrons. The number of aromatic hydroxyl groups is 1. The van der Waals surface area contributed by atoms with Gasteiger partial charge in [0, 0.05) is 15.7 Å². The number of hydrogen-bond donors (Lipinski definition) is 2. The predicted octanol–water partition coefficient (Wildman–Crippen LogP) is 6.76. The van der Waals surface area contributed by atoms with Crippen molar-refractivity contribution in [2.45, 2.75) is 67.8 Å². The second-order valence-electron chi connectivity index (χ2n) is 12.3. The minimum Gasteiger partial charge on any atom is -0.507 e. The zero-order valence-corrected chi connectivity index (χ0v) is 24.0. The Balaban J connectivity index is 1.25. The number of rotatable bonds is 5. The first-order chi connectivity index (χ1) is 19.6. The molecule has 2 aromatic carbocycles. The average molecular weight is 575 g/mol. The van der Waals surface area contributed by atoms with Crippen molar-refractivity contribution in [2.24, 2.45) is 28.6 Å². The number of ketones is 1. The summed E-state index contributed by atoms with van der Waals surface area (Å²) in [6.07, 6.45) is 9.64. The van der Waals surface area contributed by atoms with Crippen LogP contribution in [0.1, 0.15) is 62.7 Å². The maximum absolute atomic E-state index is 13.5. The topological polar surface area (TPSA) is 110 Å². The quantitative estimate of drug-likeness (QED) is 0.229. The first kappa shape index (κ1) is 27.8. The molecule has 3 saturated carbocycles. The molecule has 0 heterocycles. The minimum absolute atomic E-state index is 0.0406. The van der Waals surface area contributed by atoms with E-state index in [2.05, 4.69) is 17.9 Å². The van der Waals surface area contributed by atoms with Gasteiger partial charge in [0.1, 0.15) is 5.75 Å². The Kier molecular flexibility index (Phi) is 6.90. The van der Waals surface area contributed by atoms with Gasteiger partial charge in [0.2, 0.25) is 5.60 Å². The van der Waals surface area contributed by atoms with Crippen molar-refractivity contribution in [2.75, 3.05) is 0 Å². The van der Waals surface area contributed by atoms with Gasteiger partial charge in [-0.15, -0.1) is 0 Å². The smallest absolute Gasteiger partial charge is 0.385 e. The Bertz CT molecular complexity index is 1460. The number of para-hydroxylation sites is 1. The lowest BCUT2D eigenvalue weighted by Crippen LogP contribution is -2.59. The van der Waals surface area contributed by atoms with E-state index in [1.54, 1.807) is 48.6 Å². The highest BCUT2D eigenvalue weighted by molar-refractivity contribution is 7.99. The molecule has 2 aromatic rings. The molecule has 7 nitrogen and oxygen atoms in total. The highest BCUT2D eigenvalue weighted by atomic mass is 32.2. The van der Waals surface area contributed by atoms with Gasteiger partial charge in [-0.1, -0.05) is 49.4 Å². The van der Waals surface area contributed by atoms with Crippen LogP contribution in [0.15, 0.2) is 82.1 Å². The molecule has 0 aromatic heterocycles. The lowest BCUT2D eigenvalue weighted by molar-refractivity contribution is -0.262. The van der Waals surface area contributed by atoms with Crippen molar-refractivity contribution in [1.29, 1.82) is 0 Å². The van der Waals surface area contributed by atoms with Crippen LogP contribution in [0.5, 0.6) is 5.75 Å². The third-order valence-electron chi connectivity index (χ3n) is 10.5. The predicted molar refractivity (Wildman–Crippen MR) is 152 cm³/mol. The summed E-state index contributed by atoms with van der Waals surface area (Å²) in [5.74, 6) is -0.660. The van der Waals surface area contributed by atoms with E-state index in [4.69, 9.17) is 4.74 Å². The summed E-state index contributed by atoms with van der Waals surface area (Å²) >= 11 is 1.37. The van der Waals surface area contributed by atoms with Crippen molar-refractivity contribution in [3.8, 4) is 5.75 Å². The number of carbonyl (C=O) groups excluding carboxylic acids is 3. The Morgan fingerprint density at radius 1 is 0.976 bits per heavy atom. The second kappa shape index (κ2) is 10.2. The number of esters is 1. The summed E-state index contributed by atoms with van der Waals surface area (Å²) in [5.41, 5.74) is -1.05. The SMILES string of the molecule is C[C@]12C=CC(=O)C=C1CC[C@@H]1[C@@H]2CC[C@@]2(C)[C@H]1CCC2(OC(=O)c1ccc(Sc2ccccc2O)cc1)C(=O)OO. The Morgan fingerprint density at radius 3 is 2.44 bits per heavy atom. The van der Waals surface area contributed by atoms with Gasteiger partial charge in [-0.25, -0.2) is 9.59 Å². The lowest BCUT2D eigenvalue weighted by atomic mass is 9.47. The van der Waals surface area contributed by atoms with Gasteiger partial charge in [0.25, 0.3) is 0 Å². The summed E-state index contributed by atoms with van der Waals surface area (Å²) in [5, 5.41) is 19.7. The number of fused-ring (bicyclic) bond motifs is 5. The van der Waals surface area contributed by atoms with Crippen LogP contribution in [0, 0.1) is 28.6 Å². The van der Waals surface area contributed by atoms with Crippen LogP contribution in [0.2, 0.25) is 0 Å². The molecule has 2 N–H and O–H groups in total. The van der Waals surface area contributed by atoms with Gasteiger partial charge >= 0.3 is 11.9 Å². The van der Waals surface area contributed by atoms with E-state index in [0.29, 0.717) is 23.7 Å². The van der Waals surface area contributed by atoms with Crippen molar-refractivity contribution in [1.82, 2.24) is 0 Å². The molecule has 1 unspecified atom stereocenters. The fourth-order valence-electron chi connectivity index (χ4n) is 8.36. The molecule has 8 heteroatoms. The van der Waals surface area contributed by atoms with Crippen LogP contribution < -0.4 is 0 Å². The fraction of sp³-hybridized carbons (Fsp3) is 0.424. The summed E-state index contributed by atoms with van der Waals surface area (Å²) in [7, 11) is 0. The van der Waals surface area contributed by atoms with Crippen LogP contribution in [0.4, 0.5) is 0 Å². The van der Waals surface area contributed by atoms with Crippen molar-refractivity contribution >= 4 is 29.5 Å². The number of carbonyl (C=O) groups is 3. The van der Waals surface area contributed by atoms with E-state index < -0.39 is 23.0 Å². The third kappa shape index (κ3) is 4.34. The van der Waals surface area contributed by atoms with Crippen molar-refractivity contribution in [3.05, 3.63) is 77.9 Å². The third-order valence-corrected chi connectivity index (χ3v) is 11.6.